The van der Waals surface area contributed by atoms with E-state index in [1.165, 1.54) is 0 Å². The lowest BCUT2D eigenvalue weighted by molar-refractivity contribution is -0.122. The van der Waals surface area contributed by atoms with Gasteiger partial charge < -0.3 is 16.0 Å². The molecule has 0 aromatic heterocycles. The number of primary amides is 1. The van der Waals surface area contributed by atoms with E-state index >= 15 is 0 Å². The van der Waals surface area contributed by atoms with Gasteiger partial charge in [0.1, 0.15) is 0 Å². The van der Waals surface area contributed by atoms with Crippen LogP contribution >= 0.6 is 12.2 Å². The second-order valence-corrected chi connectivity index (χ2v) is 4.87. The average molecular weight is 263 g/mol. The topological polar surface area (TPSA) is 58.4 Å². The summed E-state index contributed by atoms with van der Waals surface area (Å²) in [6, 6.07) is 9.78. The molecule has 0 aliphatic carbocycles. The van der Waals surface area contributed by atoms with E-state index in [0.29, 0.717) is 11.7 Å². The molecule has 5 heteroatoms. The molecule has 1 atom stereocenters. The minimum Gasteiger partial charge on any atom is -0.369 e. The summed E-state index contributed by atoms with van der Waals surface area (Å²) in [6.07, 6.45) is 1.81. The number of carbonyl (C=O) groups excluding carboxylic acids is 1. The molecule has 3 N–H and O–H groups in total. The SMILES string of the molecule is NC(=O)[C@@H]1CCCN(C(=S)Nc2ccccc2)C1. The van der Waals surface area contributed by atoms with E-state index in [2.05, 4.69) is 5.32 Å². The van der Waals surface area contributed by atoms with Gasteiger partial charge in [0.05, 0.1) is 5.92 Å². The fraction of sp³-hybridized carbons (Fsp3) is 0.385. The summed E-state index contributed by atoms with van der Waals surface area (Å²) in [4.78, 5) is 13.2. The summed E-state index contributed by atoms with van der Waals surface area (Å²) in [6.45, 7) is 1.50. The number of thiocarbonyl (C=S) groups is 1. The van der Waals surface area contributed by atoms with Crippen molar-refractivity contribution in [3.05, 3.63) is 30.3 Å². The van der Waals surface area contributed by atoms with Crippen molar-refractivity contribution in [2.75, 3.05) is 18.4 Å². The van der Waals surface area contributed by atoms with Crippen LogP contribution in [0.2, 0.25) is 0 Å². The maximum Gasteiger partial charge on any atom is 0.222 e. The third-order valence-electron chi connectivity index (χ3n) is 3.14. The Hall–Kier alpha value is -1.62. The number of nitrogens with one attached hydrogen (secondary N) is 1. The van der Waals surface area contributed by atoms with Crippen molar-refractivity contribution in [3.63, 3.8) is 0 Å². The molecule has 0 saturated carbocycles. The Bertz CT molecular complexity index is 435. The van der Waals surface area contributed by atoms with Crippen LogP contribution in [0.15, 0.2) is 30.3 Å². The smallest absolute Gasteiger partial charge is 0.222 e. The number of carbonyl (C=O) groups is 1. The van der Waals surface area contributed by atoms with Crippen LogP contribution < -0.4 is 11.1 Å². The Morgan fingerprint density at radius 2 is 2.11 bits per heavy atom. The van der Waals surface area contributed by atoms with Crippen LogP contribution in [0.5, 0.6) is 0 Å². The zero-order chi connectivity index (χ0) is 13.0. The summed E-state index contributed by atoms with van der Waals surface area (Å²) >= 11 is 5.36. The largest absolute Gasteiger partial charge is 0.369 e. The second-order valence-electron chi connectivity index (χ2n) is 4.48. The van der Waals surface area contributed by atoms with Crippen LogP contribution in [0, 0.1) is 5.92 Å². The fourth-order valence-corrected chi connectivity index (χ4v) is 2.40. The number of hydrogen-bond donors (Lipinski definition) is 2. The molecule has 1 aliphatic rings. The molecular weight excluding hydrogens is 246 g/mol. The van der Waals surface area contributed by atoms with Crippen LogP contribution in [0.1, 0.15) is 12.8 Å². The zero-order valence-corrected chi connectivity index (χ0v) is 11.0. The molecule has 1 fully saturated rings. The van der Waals surface area contributed by atoms with Crippen molar-refractivity contribution in [2.24, 2.45) is 11.7 Å². The molecule has 1 saturated heterocycles. The molecule has 2 rings (SSSR count). The molecule has 1 aliphatic heterocycles. The van der Waals surface area contributed by atoms with Crippen molar-refractivity contribution >= 4 is 28.9 Å². The number of amides is 1. The van der Waals surface area contributed by atoms with Gasteiger partial charge in [0.2, 0.25) is 5.91 Å². The van der Waals surface area contributed by atoms with Crippen LogP contribution in [0.25, 0.3) is 0 Å². The van der Waals surface area contributed by atoms with Gasteiger partial charge in [0.15, 0.2) is 5.11 Å². The standard InChI is InChI=1S/C13H17N3OS/c14-12(17)10-5-4-8-16(9-10)13(18)15-11-6-2-1-3-7-11/h1-3,6-7,10H,4-5,8-9H2,(H2,14,17)(H,15,18)/t10-/m1/s1. The van der Waals surface area contributed by atoms with E-state index in [4.69, 9.17) is 18.0 Å². The highest BCUT2D eigenvalue weighted by Gasteiger charge is 2.25. The van der Waals surface area contributed by atoms with Crippen LogP contribution in [0.3, 0.4) is 0 Å². The third kappa shape index (κ3) is 3.20. The zero-order valence-electron chi connectivity index (χ0n) is 10.1. The molecule has 1 heterocycles. The average Bonchev–Trinajstić information content (AvgIpc) is 2.40. The van der Waals surface area contributed by atoms with Crippen LogP contribution in [-0.2, 0) is 4.79 Å². The van der Waals surface area contributed by atoms with Gasteiger partial charge in [-0.15, -0.1) is 0 Å². The predicted octanol–water partition coefficient (Wildman–Crippen LogP) is 1.58. The number of nitrogens with zero attached hydrogens (tertiary/aromatic N) is 1. The first-order valence-electron chi connectivity index (χ1n) is 6.07. The molecule has 1 aromatic rings. The van der Waals surface area contributed by atoms with Crippen molar-refractivity contribution in [2.45, 2.75) is 12.8 Å². The third-order valence-corrected chi connectivity index (χ3v) is 3.50. The monoisotopic (exact) mass is 263 g/mol. The summed E-state index contributed by atoms with van der Waals surface area (Å²) in [5, 5.41) is 3.84. The Morgan fingerprint density at radius 3 is 2.78 bits per heavy atom. The lowest BCUT2D eigenvalue weighted by Gasteiger charge is -2.33. The molecule has 0 spiro atoms. The Labute approximate surface area is 112 Å². The normalized spacial score (nSPS) is 19.3. The number of hydrogen-bond acceptors (Lipinski definition) is 2. The van der Waals surface area contributed by atoms with Gasteiger partial charge in [-0.2, -0.15) is 0 Å². The van der Waals surface area contributed by atoms with Gasteiger partial charge in [0.25, 0.3) is 0 Å². The molecule has 4 nitrogen and oxygen atoms in total. The molecule has 1 amide bonds. The van der Waals surface area contributed by atoms with Gasteiger partial charge in [-0.25, -0.2) is 0 Å². The maximum atomic E-state index is 11.2. The van der Waals surface area contributed by atoms with Crippen molar-refractivity contribution < 1.29 is 4.79 Å². The summed E-state index contributed by atoms with van der Waals surface area (Å²) in [5.74, 6) is -0.323. The predicted molar refractivity (Wildman–Crippen MR) is 76.2 cm³/mol. The number of rotatable bonds is 2. The maximum absolute atomic E-state index is 11.2. The minimum absolute atomic E-state index is 0.0886. The highest BCUT2D eigenvalue weighted by molar-refractivity contribution is 7.80. The molecular formula is C13H17N3OS. The van der Waals surface area contributed by atoms with Crippen LogP contribution in [0.4, 0.5) is 5.69 Å². The number of nitrogens with two attached hydrogens (primary N) is 1. The first-order valence-corrected chi connectivity index (χ1v) is 6.48. The minimum atomic E-state index is -0.234. The molecule has 0 radical (unpaired) electrons. The lowest BCUT2D eigenvalue weighted by atomic mass is 9.98. The molecule has 1 aromatic carbocycles. The van der Waals surface area contributed by atoms with Gasteiger partial charge >= 0.3 is 0 Å². The van der Waals surface area contributed by atoms with E-state index in [-0.39, 0.29) is 11.8 Å². The first-order chi connectivity index (χ1) is 8.66. The van der Waals surface area contributed by atoms with Gasteiger partial charge in [0, 0.05) is 18.8 Å². The number of piperidine rings is 1. The summed E-state index contributed by atoms with van der Waals surface area (Å²) in [5.41, 5.74) is 6.31. The van der Waals surface area contributed by atoms with E-state index < -0.39 is 0 Å². The number of para-hydroxylation sites is 1. The lowest BCUT2D eigenvalue weighted by Crippen LogP contribution is -2.45. The Balaban J connectivity index is 1.95. The first kappa shape index (κ1) is 12.8. The highest BCUT2D eigenvalue weighted by Crippen LogP contribution is 2.17. The number of benzene rings is 1. The van der Waals surface area contributed by atoms with Crippen LogP contribution in [-0.4, -0.2) is 29.0 Å². The van der Waals surface area contributed by atoms with Crippen molar-refractivity contribution in [1.29, 1.82) is 0 Å². The number of anilines is 1. The van der Waals surface area contributed by atoms with E-state index in [1.54, 1.807) is 0 Å². The Morgan fingerprint density at radius 1 is 1.39 bits per heavy atom. The molecule has 18 heavy (non-hydrogen) atoms. The fourth-order valence-electron chi connectivity index (χ4n) is 2.12. The number of likely N-dealkylation sites (tertiary alicyclic amines) is 1. The van der Waals surface area contributed by atoms with Crippen molar-refractivity contribution in [1.82, 2.24) is 4.90 Å². The van der Waals surface area contributed by atoms with Gasteiger partial charge in [-0.1, -0.05) is 18.2 Å². The second kappa shape index (κ2) is 5.82. The molecule has 96 valence electrons. The summed E-state index contributed by atoms with van der Waals surface area (Å²) < 4.78 is 0. The molecule has 0 bridgehead atoms. The van der Waals surface area contributed by atoms with E-state index in [0.717, 1.165) is 25.1 Å². The Kier molecular flexibility index (Phi) is 4.15. The van der Waals surface area contributed by atoms with E-state index in [9.17, 15) is 4.79 Å². The summed E-state index contributed by atoms with van der Waals surface area (Å²) in [7, 11) is 0. The van der Waals surface area contributed by atoms with Gasteiger partial charge in [-0.05, 0) is 37.2 Å². The quantitative estimate of drug-likeness (QED) is 0.795. The highest BCUT2D eigenvalue weighted by atomic mass is 32.1. The van der Waals surface area contributed by atoms with E-state index in [1.807, 2.05) is 35.2 Å². The van der Waals surface area contributed by atoms with Crippen molar-refractivity contribution in [3.8, 4) is 0 Å². The van der Waals surface area contributed by atoms with Gasteiger partial charge in [-0.3, -0.25) is 4.79 Å². The molecule has 0 unspecified atom stereocenters.